The number of anilines is 1. The highest BCUT2D eigenvalue weighted by molar-refractivity contribution is 9.10. The van der Waals surface area contributed by atoms with Gasteiger partial charge in [0.05, 0.1) is 5.75 Å². The topological polar surface area (TPSA) is 34.0 Å². The van der Waals surface area contributed by atoms with Gasteiger partial charge in [0.15, 0.2) is 0 Å². The number of halogens is 2. The standard InChI is InChI=1S/C23H18Br2N2OS/c24-17-7-5-16(6-8-17)13-27-14-22(20-3-1-2-4-21(20)27)29-15-23(28)26-19-11-9-18(25)10-12-19/h1-12,14H,13,15H2,(H,26,28). The summed E-state index contributed by atoms with van der Waals surface area (Å²) in [7, 11) is 0. The van der Waals surface area contributed by atoms with Crippen LogP contribution in [0.25, 0.3) is 10.9 Å². The van der Waals surface area contributed by atoms with Crippen molar-refractivity contribution in [2.45, 2.75) is 11.4 Å². The number of nitrogens with zero attached hydrogens (tertiary/aromatic N) is 1. The van der Waals surface area contributed by atoms with Gasteiger partial charge in [-0.05, 0) is 48.0 Å². The van der Waals surface area contributed by atoms with Gasteiger partial charge in [-0.3, -0.25) is 4.79 Å². The van der Waals surface area contributed by atoms with Crippen molar-refractivity contribution < 1.29 is 4.79 Å². The van der Waals surface area contributed by atoms with Crippen LogP contribution in [0.15, 0.2) is 92.8 Å². The molecule has 4 rings (SSSR count). The van der Waals surface area contributed by atoms with E-state index in [1.807, 2.05) is 30.3 Å². The van der Waals surface area contributed by atoms with Crippen molar-refractivity contribution in [1.82, 2.24) is 4.57 Å². The van der Waals surface area contributed by atoms with Crippen LogP contribution in [0.2, 0.25) is 0 Å². The Morgan fingerprint density at radius 3 is 2.28 bits per heavy atom. The van der Waals surface area contributed by atoms with Gasteiger partial charge in [0.25, 0.3) is 0 Å². The maximum atomic E-state index is 12.4. The van der Waals surface area contributed by atoms with E-state index in [4.69, 9.17) is 0 Å². The molecule has 1 heterocycles. The van der Waals surface area contributed by atoms with Crippen molar-refractivity contribution >= 4 is 66.1 Å². The SMILES string of the molecule is O=C(CSc1cn(Cc2ccc(Br)cc2)c2ccccc12)Nc1ccc(Br)cc1. The van der Waals surface area contributed by atoms with Gasteiger partial charge < -0.3 is 9.88 Å². The zero-order valence-corrected chi connectivity index (χ0v) is 19.4. The summed E-state index contributed by atoms with van der Waals surface area (Å²) in [4.78, 5) is 13.5. The second-order valence-electron chi connectivity index (χ2n) is 6.61. The molecule has 0 saturated carbocycles. The van der Waals surface area contributed by atoms with Crippen LogP contribution < -0.4 is 5.32 Å². The molecule has 0 atom stereocenters. The van der Waals surface area contributed by atoms with Crippen LogP contribution in [0, 0.1) is 0 Å². The maximum absolute atomic E-state index is 12.4. The van der Waals surface area contributed by atoms with Gasteiger partial charge in [0, 0.05) is 43.2 Å². The molecular weight excluding hydrogens is 512 g/mol. The average Bonchev–Trinajstić information content (AvgIpc) is 3.08. The number of hydrogen-bond donors (Lipinski definition) is 1. The highest BCUT2D eigenvalue weighted by Gasteiger charge is 2.11. The fraction of sp³-hybridized carbons (Fsp3) is 0.0870. The third kappa shape index (κ3) is 5.13. The number of amides is 1. The minimum atomic E-state index is -0.0120. The minimum Gasteiger partial charge on any atom is -0.342 e. The van der Waals surface area contributed by atoms with E-state index in [2.05, 4.69) is 90.4 Å². The lowest BCUT2D eigenvalue weighted by Gasteiger charge is -2.05. The molecule has 0 bridgehead atoms. The molecule has 1 N–H and O–H groups in total. The molecule has 0 radical (unpaired) electrons. The number of carbonyl (C=O) groups excluding carboxylic acids is 1. The molecule has 3 nitrogen and oxygen atoms in total. The lowest BCUT2D eigenvalue weighted by atomic mass is 10.2. The Bertz CT molecular complexity index is 1140. The summed E-state index contributed by atoms with van der Waals surface area (Å²) >= 11 is 8.45. The Morgan fingerprint density at radius 2 is 1.55 bits per heavy atom. The van der Waals surface area contributed by atoms with E-state index in [1.54, 1.807) is 11.8 Å². The smallest absolute Gasteiger partial charge is 0.234 e. The molecule has 0 aliphatic carbocycles. The van der Waals surface area contributed by atoms with Crippen LogP contribution in [0.3, 0.4) is 0 Å². The summed E-state index contributed by atoms with van der Waals surface area (Å²) in [6.07, 6.45) is 2.14. The molecule has 1 amide bonds. The van der Waals surface area contributed by atoms with E-state index in [9.17, 15) is 4.79 Å². The first-order valence-corrected chi connectivity index (χ1v) is 11.7. The summed E-state index contributed by atoms with van der Waals surface area (Å²) < 4.78 is 4.31. The molecule has 0 saturated heterocycles. The number of thioether (sulfide) groups is 1. The Labute approximate surface area is 190 Å². The van der Waals surface area contributed by atoms with Gasteiger partial charge in [-0.25, -0.2) is 0 Å². The van der Waals surface area contributed by atoms with Gasteiger partial charge in [0.1, 0.15) is 0 Å². The minimum absolute atomic E-state index is 0.0120. The fourth-order valence-electron chi connectivity index (χ4n) is 3.12. The lowest BCUT2D eigenvalue weighted by molar-refractivity contribution is -0.113. The van der Waals surface area contributed by atoms with E-state index in [0.717, 1.165) is 26.1 Å². The summed E-state index contributed by atoms with van der Waals surface area (Å²) in [6, 6.07) is 24.3. The Balaban J connectivity index is 1.49. The molecule has 0 aliphatic rings. The van der Waals surface area contributed by atoms with Crippen LogP contribution >= 0.6 is 43.6 Å². The molecule has 0 unspecified atom stereocenters. The number of benzene rings is 3. The molecule has 6 heteroatoms. The third-order valence-corrected chi connectivity index (χ3v) is 6.61. The lowest BCUT2D eigenvalue weighted by Crippen LogP contribution is -2.13. The Kier molecular flexibility index (Phi) is 6.43. The average molecular weight is 530 g/mol. The first-order chi connectivity index (χ1) is 14.1. The van der Waals surface area contributed by atoms with Crippen molar-refractivity contribution in [1.29, 1.82) is 0 Å². The molecule has 3 aromatic carbocycles. The Morgan fingerprint density at radius 1 is 0.897 bits per heavy atom. The predicted octanol–water partition coefficient (Wildman–Crippen LogP) is 6.95. The van der Waals surface area contributed by atoms with Gasteiger partial charge in [-0.1, -0.05) is 62.2 Å². The van der Waals surface area contributed by atoms with Crippen LogP contribution in [0.5, 0.6) is 0 Å². The van der Waals surface area contributed by atoms with E-state index in [1.165, 1.54) is 16.5 Å². The van der Waals surface area contributed by atoms with E-state index < -0.39 is 0 Å². The number of nitrogens with one attached hydrogen (secondary N) is 1. The van der Waals surface area contributed by atoms with Crippen molar-refractivity contribution in [2.24, 2.45) is 0 Å². The van der Waals surface area contributed by atoms with Crippen LogP contribution in [-0.2, 0) is 11.3 Å². The van der Waals surface area contributed by atoms with Crippen LogP contribution in [0.1, 0.15) is 5.56 Å². The fourth-order valence-corrected chi connectivity index (χ4v) is 4.54. The first-order valence-electron chi connectivity index (χ1n) is 9.09. The summed E-state index contributed by atoms with van der Waals surface area (Å²) in [5, 5.41) is 4.12. The number of aromatic nitrogens is 1. The zero-order chi connectivity index (χ0) is 20.2. The highest BCUT2D eigenvalue weighted by Crippen LogP contribution is 2.31. The maximum Gasteiger partial charge on any atom is 0.234 e. The van der Waals surface area contributed by atoms with Gasteiger partial charge in [-0.2, -0.15) is 0 Å². The van der Waals surface area contributed by atoms with Gasteiger partial charge in [0.2, 0.25) is 5.91 Å². The van der Waals surface area contributed by atoms with Crippen LogP contribution in [-0.4, -0.2) is 16.2 Å². The van der Waals surface area contributed by atoms with E-state index in [-0.39, 0.29) is 5.91 Å². The summed E-state index contributed by atoms with van der Waals surface area (Å²) in [6.45, 7) is 0.791. The molecule has 29 heavy (non-hydrogen) atoms. The van der Waals surface area contributed by atoms with Crippen molar-refractivity contribution in [2.75, 3.05) is 11.1 Å². The van der Waals surface area contributed by atoms with Gasteiger partial charge in [-0.15, -0.1) is 11.8 Å². The monoisotopic (exact) mass is 528 g/mol. The second-order valence-corrected chi connectivity index (χ2v) is 9.46. The number of rotatable bonds is 6. The molecule has 146 valence electrons. The van der Waals surface area contributed by atoms with Crippen molar-refractivity contribution in [3.8, 4) is 0 Å². The van der Waals surface area contributed by atoms with Crippen molar-refractivity contribution in [3.05, 3.63) is 93.5 Å². The normalized spacial score (nSPS) is 11.0. The van der Waals surface area contributed by atoms with Crippen molar-refractivity contribution in [3.63, 3.8) is 0 Å². The number of para-hydroxylation sites is 1. The van der Waals surface area contributed by atoms with E-state index >= 15 is 0 Å². The third-order valence-electron chi connectivity index (χ3n) is 4.50. The molecule has 4 aromatic rings. The second kappa shape index (κ2) is 9.20. The molecule has 0 spiro atoms. The Hall–Kier alpha value is -2.02. The van der Waals surface area contributed by atoms with Gasteiger partial charge >= 0.3 is 0 Å². The molecule has 0 fully saturated rings. The zero-order valence-electron chi connectivity index (χ0n) is 15.4. The number of carbonyl (C=O) groups is 1. The quantitative estimate of drug-likeness (QED) is 0.274. The van der Waals surface area contributed by atoms with E-state index in [0.29, 0.717) is 5.75 Å². The number of hydrogen-bond acceptors (Lipinski definition) is 2. The first kappa shape index (κ1) is 20.3. The summed E-state index contributed by atoms with van der Waals surface area (Å²) in [5.74, 6) is 0.351. The highest BCUT2D eigenvalue weighted by atomic mass is 79.9. The molecular formula is C23H18Br2N2OS. The molecule has 0 aliphatic heterocycles. The number of fused-ring (bicyclic) bond motifs is 1. The molecule has 1 aromatic heterocycles. The summed E-state index contributed by atoms with van der Waals surface area (Å²) in [5.41, 5.74) is 3.21. The van der Waals surface area contributed by atoms with Crippen LogP contribution in [0.4, 0.5) is 5.69 Å². The largest absolute Gasteiger partial charge is 0.342 e. The predicted molar refractivity (Wildman–Crippen MR) is 129 cm³/mol.